The fourth-order valence-electron chi connectivity index (χ4n) is 1.75. The molecule has 0 aliphatic carbocycles. The van der Waals surface area contributed by atoms with Crippen LogP contribution < -0.4 is 5.32 Å². The van der Waals surface area contributed by atoms with Crippen molar-refractivity contribution in [2.24, 2.45) is 0 Å². The lowest BCUT2D eigenvalue weighted by Gasteiger charge is -2.33. The predicted octanol–water partition coefficient (Wildman–Crippen LogP) is 2.64. The van der Waals surface area contributed by atoms with Crippen LogP contribution in [0.1, 0.15) is 38.8 Å². The number of aliphatic carboxylic acids is 1. The third-order valence-corrected chi connectivity index (χ3v) is 3.57. The highest BCUT2D eigenvalue weighted by Crippen LogP contribution is 2.18. The van der Waals surface area contributed by atoms with E-state index in [4.69, 9.17) is 5.11 Å². The summed E-state index contributed by atoms with van der Waals surface area (Å²) in [6.07, 6.45) is 0.733. The Hall–Kier alpha value is -2.04. The predicted molar refractivity (Wildman–Crippen MR) is 77.5 cm³/mol. The Morgan fingerprint density at radius 1 is 1.30 bits per heavy atom. The van der Waals surface area contributed by atoms with E-state index >= 15 is 0 Å². The molecule has 0 aliphatic rings. The maximum Gasteiger partial charge on any atom is 0.329 e. The minimum Gasteiger partial charge on any atom is -0.480 e. The van der Waals surface area contributed by atoms with Crippen molar-refractivity contribution < 1.29 is 14.7 Å². The molecule has 2 N–H and O–H groups in total. The molecule has 1 atom stereocenters. The number of likely N-dealkylation sites (N-methyl/N-ethyl adjacent to an activating group) is 1. The number of nitrogens with zero attached hydrogens (tertiary/aromatic N) is 1. The minimum absolute atomic E-state index is 0.129. The maximum atomic E-state index is 12.2. The Morgan fingerprint density at radius 2 is 1.85 bits per heavy atom. The van der Waals surface area contributed by atoms with E-state index in [1.54, 1.807) is 0 Å². The molecule has 0 heterocycles. The fourth-order valence-corrected chi connectivity index (χ4v) is 1.75. The van der Waals surface area contributed by atoms with Gasteiger partial charge in [-0.15, -0.1) is 0 Å². The molecule has 0 fully saturated rings. The summed E-state index contributed by atoms with van der Waals surface area (Å²) in [6.45, 7) is 4.97. The minimum atomic E-state index is -1.25. The average molecular weight is 278 g/mol. The smallest absolute Gasteiger partial charge is 0.329 e. The van der Waals surface area contributed by atoms with Crippen molar-refractivity contribution >= 4 is 12.0 Å². The number of carboxylic acids is 1. The second-order valence-electron chi connectivity index (χ2n) is 5.24. The molecular formula is C15H22N2O3. The first-order valence-corrected chi connectivity index (χ1v) is 6.63. The van der Waals surface area contributed by atoms with Gasteiger partial charge in [0.15, 0.2) is 0 Å². The van der Waals surface area contributed by atoms with E-state index in [0.29, 0.717) is 0 Å². The lowest BCUT2D eigenvalue weighted by Crippen LogP contribution is -2.54. The number of urea groups is 1. The Morgan fingerprint density at radius 3 is 2.30 bits per heavy atom. The molecular weight excluding hydrogens is 256 g/mol. The summed E-state index contributed by atoms with van der Waals surface area (Å²) in [5.74, 6) is -1.04. The third-order valence-electron chi connectivity index (χ3n) is 3.57. The third kappa shape index (κ3) is 3.50. The zero-order chi connectivity index (χ0) is 15.3. The summed E-state index contributed by atoms with van der Waals surface area (Å²) in [5.41, 5.74) is -0.246. The molecule has 0 spiro atoms. The van der Waals surface area contributed by atoms with Gasteiger partial charge in [0.05, 0.1) is 6.04 Å². The molecule has 0 aromatic heterocycles. The van der Waals surface area contributed by atoms with Crippen molar-refractivity contribution in [2.45, 2.75) is 38.8 Å². The number of nitrogens with one attached hydrogen (secondary N) is 1. The summed E-state index contributed by atoms with van der Waals surface area (Å²) >= 11 is 0. The van der Waals surface area contributed by atoms with Crippen LogP contribution in [0.15, 0.2) is 30.3 Å². The van der Waals surface area contributed by atoms with E-state index in [-0.39, 0.29) is 6.04 Å². The number of carbonyl (C=O) groups excluding carboxylic acids is 1. The topological polar surface area (TPSA) is 69.6 Å². The Labute approximate surface area is 119 Å². The maximum absolute atomic E-state index is 12.2. The lowest BCUT2D eigenvalue weighted by atomic mass is 10.0. The highest BCUT2D eigenvalue weighted by Gasteiger charge is 2.35. The monoisotopic (exact) mass is 278 g/mol. The molecule has 1 unspecified atom stereocenters. The molecule has 0 saturated carbocycles. The van der Waals surface area contributed by atoms with Crippen molar-refractivity contribution in [2.75, 3.05) is 7.05 Å². The second-order valence-corrected chi connectivity index (χ2v) is 5.24. The highest BCUT2D eigenvalue weighted by atomic mass is 16.4. The SMILES string of the molecule is CCC(NC(=O)N(C)C(C)(C)C(=O)O)c1ccccc1. The fraction of sp³-hybridized carbons (Fsp3) is 0.467. The number of carboxylic acid groups (broad SMARTS) is 1. The molecule has 0 bridgehead atoms. The van der Waals surface area contributed by atoms with Crippen molar-refractivity contribution in [3.05, 3.63) is 35.9 Å². The summed E-state index contributed by atoms with van der Waals surface area (Å²) in [5, 5.41) is 12.0. The molecule has 0 aliphatic heterocycles. The molecule has 1 aromatic carbocycles. The normalized spacial score (nSPS) is 12.6. The Kier molecular flexibility index (Phi) is 5.13. The summed E-state index contributed by atoms with van der Waals surface area (Å²) < 4.78 is 0. The van der Waals surface area contributed by atoms with Crippen molar-refractivity contribution in [3.8, 4) is 0 Å². The van der Waals surface area contributed by atoms with Crippen molar-refractivity contribution in [3.63, 3.8) is 0 Å². The summed E-state index contributed by atoms with van der Waals surface area (Å²) in [7, 11) is 1.49. The van der Waals surface area contributed by atoms with Gasteiger partial charge in [0, 0.05) is 7.05 Å². The molecule has 1 rings (SSSR count). The van der Waals surface area contributed by atoms with Crippen LogP contribution in [-0.2, 0) is 4.79 Å². The number of rotatable bonds is 5. The first-order chi connectivity index (χ1) is 9.30. The largest absolute Gasteiger partial charge is 0.480 e. The summed E-state index contributed by atoms with van der Waals surface area (Å²) in [4.78, 5) is 24.6. The second kappa shape index (κ2) is 6.41. The van der Waals surface area contributed by atoms with Crippen LogP contribution in [0.2, 0.25) is 0 Å². The molecule has 0 saturated heterocycles. The highest BCUT2D eigenvalue weighted by molar-refractivity contribution is 5.85. The molecule has 5 heteroatoms. The molecule has 20 heavy (non-hydrogen) atoms. The van der Waals surface area contributed by atoms with Crippen LogP contribution in [0.4, 0.5) is 4.79 Å². The molecule has 0 radical (unpaired) electrons. The van der Waals surface area contributed by atoms with Crippen LogP contribution >= 0.6 is 0 Å². The Balaban J connectivity index is 2.81. The van der Waals surface area contributed by atoms with E-state index in [2.05, 4.69) is 5.32 Å². The van der Waals surface area contributed by atoms with Gasteiger partial charge < -0.3 is 15.3 Å². The van der Waals surface area contributed by atoms with E-state index in [9.17, 15) is 9.59 Å². The standard InChI is InChI=1S/C15H22N2O3/c1-5-12(11-9-7-6-8-10-11)16-14(20)17(4)15(2,3)13(18)19/h6-10,12H,5H2,1-4H3,(H,16,20)(H,18,19). The van der Waals surface area contributed by atoms with E-state index in [1.165, 1.54) is 25.8 Å². The van der Waals surface area contributed by atoms with Crippen LogP contribution in [0.3, 0.4) is 0 Å². The lowest BCUT2D eigenvalue weighted by molar-refractivity contribution is -0.146. The number of hydrogen-bond donors (Lipinski definition) is 2. The Bertz CT molecular complexity index is 471. The van der Waals surface area contributed by atoms with Gasteiger partial charge >= 0.3 is 12.0 Å². The van der Waals surface area contributed by atoms with Crippen LogP contribution in [0, 0.1) is 0 Å². The number of hydrogen-bond acceptors (Lipinski definition) is 2. The first kappa shape index (κ1) is 16.0. The van der Waals surface area contributed by atoms with Gasteiger partial charge in [-0.05, 0) is 25.8 Å². The molecule has 1 aromatic rings. The summed E-state index contributed by atoms with van der Waals surface area (Å²) in [6, 6.07) is 9.10. The van der Waals surface area contributed by atoms with Crippen LogP contribution in [-0.4, -0.2) is 34.6 Å². The van der Waals surface area contributed by atoms with Crippen LogP contribution in [0.25, 0.3) is 0 Å². The molecule has 110 valence electrons. The van der Waals surface area contributed by atoms with Gasteiger partial charge in [0.2, 0.25) is 0 Å². The zero-order valence-electron chi connectivity index (χ0n) is 12.4. The first-order valence-electron chi connectivity index (χ1n) is 6.63. The van der Waals surface area contributed by atoms with Crippen molar-refractivity contribution in [1.82, 2.24) is 10.2 Å². The molecule has 2 amide bonds. The van der Waals surface area contributed by atoms with Crippen LogP contribution in [0.5, 0.6) is 0 Å². The van der Waals surface area contributed by atoms with Gasteiger partial charge in [-0.25, -0.2) is 9.59 Å². The van der Waals surface area contributed by atoms with Gasteiger partial charge in [-0.1, -0.05) is 37.3 Å². The number of carbonyl (C=O) groups is 2. The average Bonchev–Trinajstić information content (AvgIpc) is 2.44. The quantitative estimate of drug-likeness (QED) is 0.870. The van der Waals surface area contributed by atoms with E-state index in [1.807, 2.05) is 37.3 Å². The van der Waals surface area contributed by atoms with Gasteiger partial charge in [0.25, 0.3) is 0 Å². The van der Waals surface area contributed by atoms with E-state index < -0.39 is 17.5 Å². The van der Waals surface area contributed by atoms with Gasteiger partial charge in [0.1, 0.15) is 5.54 Å². The molecule has 5 nitrogen and oxygen atoms in total. The number of benzene rings is 1. The number of amides is 2. The van der Waals surface area contributed by atoms with E-state index in [0.717, 1.165) is 12.0 Å². The zero-order valence-corrected chi connectivity index (χ0v) is 12.4. The van der Waals surface area contributed by atoms with Gasteiger partial charge in [-0.3, -0.25) is 0 Å². The van der Waals surface area contributed by atoms with Gasteiger partial charge in [-0.2, -0.15) is 0 Å². The van der Waals surface area contributed by atoms with Crippen molar-refractivity contribution in [1.29, 1.82) is 0 Å².